The van der Waals surface area contributed by atoms with Crippen molar-refractivity contribution in [2.45, 2.75) is 26.4 Å². The maximum atomic E-state index is 14.4. The van der Waals surface area contributed by atoms with Gasteiger partial charge >= 0.3 is 0 Å². The number of hydrogen-bond donors (Lipinski definition) is 1. The summed E-state index contributed by atoms with van der Waals surface area (Å²) in [6, 6.07) is 16.7. The Balaban J connectivity index is 1.61. The maximum Gasteiger partial charge on any atom is 0.147 e. The molecule has 140 valence electrons. The fourth-order valence-corrected chi connectivity index (χ4v) is 3.49. The van der Waals surface area contributed by atoms with Gasteiger partial charge in [-0.05, 0) is 30.7 Å². The fourth-order valence-electron chi connectivity index (χ4n) is 3.49. The highest BCUT2D eigenvalue weighted by Gasteiger charge is 2.22. The largest absolute Gasteiger partial charge is 0.337 e. The third kappa shape index (κ3) is 3.85. The van der Waals surface area contributed by atoms with Crippen LogP contribution in [0.2, 0.25) is 0 Å². The molecule has 4 rings (SSSR count). The number of nitrogens with one attached hydrogen (secondary N) is 1. The SMILES string of the molecule is Cc1nc2c(c(Nc3ccc(C#N)cc3F)n1)CN(Cc1ccccc1)CC2. The predicted molar refractivity (Wildman–Crippen MR) is 105 cm³/mol. The number of nitrogens with zero attached hydrogens (tertiary/aromatic N) is 4. The molecule has 5 nitrogen and oxygen atoms in total. The summed E-state index contributed by atoms with van der Waals surface area (Å²) in [4.78, 5) is 11.5. The molecule has 6 heteroatoms. The van der Waals surface area contributed by atoms with Crippen LogP contribution >= 0.6 is 0 Å². The van der Waals surface area contributed by atoms with Crippen LogP contribution in [0.5, 0.6) is 0 Å². The molecule has 0 aliphatic carbocycles. The molecular formula is C22H20FN5. The molecule has 0 fully saturated rings. The van der Waals surface area contributed by atoms with Crippen molar-refractivity contribution in [2.75, 3.05) is 11.9 Å². The number of halogens is 1. The number of rotatable bonds is 4. The molecule has 0 bridgehead atoms. The molecule has 0 spiro atoms. The van der Waals surface area contributed by atoms with E-state index in [9.17, 15) is 4.39 Å². The van der Waals surface area contributed by atoms with E-state index in [4.69, 9.17) is 5.26 Å². The zero-order valence-corrected chi connectivity index (χ0v) is 15.6. The normalized spacial score (nSPS) is 13.6. The average molecular weight is 373 g/mol. The van der Waals surface area contributed by atoms with Crippen molar-refractivity contribution in [3.8, 4) is 6.07 Å². The van der Waals surface area contributed by atoms with E-state index < -0.39 is 5.82 Å². The molecular weight excluding hydrogens is 353 g/mol. The lowest BCUT2D eigenvalue weighted by atomic mass is 10.0. The lowest BCUT2D eigenvalue weighted by molar-refractivity contribution is 0.243. The summed E-state index contributed by atoms with van der Waals surface area (Å²) < 4.78 is 14.4. The molecule has 0 amide bonds. The minimum absolute atomic E-state index is 0.290. The van der Waals surface area contributed by atoms with Crippen molar-refractivity contribution >= 4 is 11.5 Å². The molecule has 1 aliphatic heterocycles. The number of aryl methyl sites for hydroxylation is 1. The van der Waals surface area contributed by atoms with E-state index in [1.165, 1.54) is 11.6 Å². The van der Waals surface area contributed by atoms with Crippen molar-refractivity contribution in [3.63, 3.8) is 0 Å². The summed E-state index contributed by atoms with van der Waals surface area (Å²) in [5.41, 5.74) is 3.86. The fraction of sp³-hybridized carbons (Fsp3) is 0.227. The zero-order valence-electron chi connectivity index (χ0n) is 15.6. The van der Waals surface area contributed by atoms with Crippen molar-refractivity contribution in [3.05, 3.63) is 82.6 Å². The number of fused-ring (bicyclic) bond motifs is 1. The summed E-state index contributed by atoms with van der Waals surface area (Å²) in [6.45, 7) is 4.31. The molecule has 28 heavy (non-hydrogen) atoms. The summed E-state index contributed by atoms with van der Waals surface area (Å²) in [7, 11) is 0. The second-order valence-electron chi connectivity index (χ2n) is 6.92. The lowest BCUT2D eigenvalue weighted by Gasteiger charge is -2.29. The van der Waals surface area contributed by atoms with Crippen LogP contribution in [-0.2, 0) is 19.5 Å². The van der Waals surface area contributed by atoms with E-state index in [1.807, 2.05) is 31.2 Å². The Kier molecular flexibility index (Phi) is 5.00. The Labute approximate surface area is 163 Å². The first-order valence-electron chi connectivity index (χ1n) is 9.22. The third-order valence-corrected chi connectivity index (χ3v) is 4.85. The monoisotopic (exact) mass is 373 g/mol. The first-order chi connectivity index (χ1) is 13.6. The molecule has 0 saturated heterocycles. The highest BCUT2D eigenvalue weighted by atomic mass is 19.1. The smallest absolute Gasteiger partial charge is 0.147 e. The highest BCUT2D eigenvalue weighted by Crippen LogP contribution is 2.28. The second-order valence-corrected chi connectivity index (χ2v) is 6.92. The molecule has 0 atom stereocenters. The van der Waals surface area contributed by atoms with Crippen molar-refractivity contribution in [1.29, 1.82) is 5.26 Å². The van der Waals surface area contributed by atoms with Gasteiger partial charge in [0.05, 0.1) is 23.0 Å². The van der Waals surface area contributed by atoms with Gasteiger partial charge in [0.1, 0.15) is 17.5 Å². The van der Waals surface area contributed by atoms with Crippen molar-refractivity contribution < 1.29 is 4.39 Å². The van der Waals surface area contributed by atoms with Gasteiger partial charge in [0, 0.05) is 31.6 Å². The number of anilines is 2. The van der Waals surface area contributed by atoms with Crippen LogP contribution in [0.25, 0.3) is 0 Å². The first-order valence-corrected chi connectivity index (χ1v) is 9.22. The third-order valence-electron chi connectivity index (χ3n) is 4.85. The van der Waals surface area contributed by atoms with E-state index in [-0.39, 0.29) is 5.56 Å². The molecule has 1 aromatic heterocycles. The summed E-state index contributed by atoms with van der Waals surface area (Å²) in [5, 5.41) is 12.0. The standard InChI is InChI=1S/C22H20FN5/c1-15-25-20-9-10-28(13-16-5-3-2-4-6-16)14-18(20)22(26-15)27-21-8-7-17(12-24)11-19(21)23/h2-8,11H,9-10,13-14H2,1H3,(H,25,26,27). The quantitative estimate of drug-likeness (QED) is 0.746. The van der Waals surface area contributed by atoms with Crippen molar-refractivity contribution in [2.24, 2.45) is 0 Å². The van der Waals surface area contributed by atoms with Gasteiger partial charge in [-0.15, -0.1) is 0 Å². The van der Waals surface area contributed by atoms with Gasteiger partial charge in [0.25, 0.3) is 0 Å². The van der Waals surface area contributed by atoms with E-state index in [0.29, 0.717) is 23.9 Å². The van der Waals surface area contributed by atoms with Gasteiger partial charge in [-0.25, -0.2) is 14.4 Å². The van der Waals surface area contributed by atoms with E-state index in [1.54, 1.807) is 12.1 Å². The first kappa shape index (κ1) is 18.1. The summed E-state index contributed by atoms with van der Waals surface area (Å²) in [6.07, 6.45) is 0.829. The van der Waals surface area contributed by atoms with Gasteiger partial charge < -0.3 is 5.32 Å². The van der Waals surface area contributed by atoms with Gasteiger partial charge in [-0.3, -0.25) is 4.90 Å². The topological polar surface area (TPSA) is 64.8 Å². The van der Waals surface area contributed by atoms with Gasteiger partial charge in [0.2, 0.25) is 0 Å². The summed E-state index contributed by atoms with van der Waals surface area (Å²) >= 11 is 0. The van der Waals surface area contributed by atoms with Crippen LogP contribution in [0.3, 0.4) is 0 Å². The highest BCUT2D eigenvalue weighted by molar-refractivity contribution is 5.62. The summed E-state index contributed by atoms with van der Waals surface area (Å²) in [5.74, 6) is 0.816. The number of nitriles is 1. The van der Waals surface area contributed by atoms with Gasteiger partial charge in [-0.1, -0.05) is 30.3 Å². The van der Waals surface area contributed by atoms with Crippen LogP contribution in [0, 0.1) is 24.1 Å². The van der Waals surface area contributed by atoms with Gasteiger partial charge in [-0.2, -0.15) is 5.26 Å². The van der Waals surface area contributed by atoms with Crippen molar-refractivity contribution in [1.82, 2.24) is 14.9 Å². The molecule has 1 aliphatic rings. The van der Waals surface area contributed by atoms with Crippen LogP contribution in [0.4, 0.5) is 15.9 Å². The number of benzene rings is 2. The average Bonchev–Trinajstić information content (AvgIpc) is 2.70. The zero-order chi connectivity index (χ0) is 19.5. The van der Waals surface area contributed by atoms with E-state index >= 15 is 0 Å². The number of hydrogen-bond acceptors (Lipinski definition) is 5. The molecule has 1 N–H and O–H groups in total. The molecule has 2 aromatic carbocycles. The van der Waals surface area contributed by atoms with Crippen LogP contribution in [0.15, 0.2) is 48.5 Å². The molecule has 0 saturated carbocycles. The predicted octanol–water partition coefficient (Wildman–Crippen LogP) is 4.10. The Morgan fingerprint density at radius 1 is 1.18 bits per heavy atom. The molecule has 3 aromatic rings. The lowest BCUT2D eigenvalue weighted by Crippen LogP contribution is -2.31. The Morgan fingerprint density at radius 2 is 2.00 bits per heavy atom. The van der Waals surface area contributed by atoms with Crippen LogP contribution in [-0.4, -0.2) is 21.4 Å². The van der Waals surface area contributed by atoms with E-state index in [0.717, 1.165) is 30.8 Å². The maximum absolute atomic E-state index is 14.4. The minimum Gasteiger partial charge on any atom is -0.337 e. The minimum atomic E-state index is -0.471. The van der Waals surface area contributed by atoms with Gasteiger partial charge in [0.15, 0.2) is 0 Å². The Hall–Kier alpha value is -3.30. The van der Waals surface area contributed by atoms with Crippen LogP contribution in [0.1, 0.15) is 28.2 Å². The molecule has 0 radical (unpaired) electrons. The molecule has 0 unspecified atom stereocenters. The number of aromatic nitrogens is 2. The molecule has 2 heterocycles. The second kappa shape index (κ2) is 7.75. The Morgan fingerprint density at radius 3 is 2.75 bits per heavy atom. The van der Waals surface area contributed by atoms with Crippen LogP contribution < -0.4 is 5.32 Å². The van der Waals surface area contributed by atoms with E-state index in [2.05, 4.69) is 32.3 Å². The Bertz CT molecular complexity index is 1040.